The van der Waals surface area contributed by atoms with Crippen LogP contribution in [0.25, 0.3) is 0 Å². The van der Waals surface area contributed by atoms with Crippen molar-refractivity contribution in [1.82, 2.24) is 5.32 Å². The van der Waals surface area contributed by atoms with E-state index >= 15 is 0 Å². The van der Waals surface area contributed by atoms with Gasteiger partial charge in [-0.2, -0.15) is 0 Å². The fourth-order valence-corrected chi connectivity index (χ4v) is 1.89. The summed E-state index contributed by atoms with van der Waals surface area (Å²) in [4.78, 5) is 22.0. The lowest BCUT2D eigenvalue weighted by Gasteiger charge is -2.01. The van der Waals surface area contributed by atoms with Crippen molar-refractivity contribution in [3.63, 3.8) is 0 Å². The van der Waals surface area contributed by atoms with E-state index < -0.39 is 0 Å². The first-order valence-electron chi connectivity index (χ1n) is 7.66. The number of rotatable bonds is 4. The Morgan fingerprint density at radius 1 is 1.26 bits per heavy atom. The van der Waals surface area contributed by atoms with Crippen LogP contribution in [0.4, 0.5) is 5.69 Å². The molecule has 0 saturated heterocycles. The van der Waals surface area contributed by atoms with Gasteiger partial charge in [0.15, 0.2) is 0 Å². The number of carbonyl (C=O) groups excluding carboxylic acids is 2. The summed E-state index contributed by atoms with van der Waals surface area (Å²) in [6.45, 7) is 4.53. The van der Waals surface area contributed by atoms with E-state index in [-0.39, 0.29) is 5.91 Å². The SMILES string of the molecule is CCNC(=O)C1=CC=CCC(C=O)=C1.CNc1ccc(C)cc1. The molecule has 23 heavy (non-hydrogen) atoms. The highest BCUT2D eigenvalue weighted by Gasteiger charge is 2.07. The topological polar surface area (TPSA) is 58.2 Å². The molecule has 0 radical (unpaired) electrons. The van der Waals surface area contributed by atoms with Crippen molar-refractivity contribution in [2.24, 2.45) is 0 Å². The number of amides is 1. The van der Waals surface area contributed by atoms with Crippen LogP contribution >= 0.6 is 0 Å². The average molecular weight is 312 g/mol. The molecule has 2 N–H and O–H groups in total. The van der Waals surface area contributed by atoms with Gasteiger partial charge in [-0.3, -0.25) is 9.59 Å². The van der Waals surface area contributed by atoms with Gasteiger partial charge in [-0.25, -0.2) is 0 Å². The number of aryl methyl sites for hydroxylation is 1. The second-order valence-electron chi connectivity index (χ2n) is 5.07. The highest BCUT2D eigenvalue weighted by molar-refractivity contribution is 5.98. The Morgan fingerprint density at radius 3 is 2.52 bits per heavy atom. The molecule has 0 unspecified atom stereocenters. The van der Waals surface area contributed by atoms with Crippen LogP contribution in [-0.2, 0) is 9.59 Å². The number of carbonyl (C=O) groups is 2. The lowest BCUT2D eigenvalue weighted by Crippen LogP contribution is -2.23. The van der Waals surface area contributed by atoms with Crippen molar-refractivity contribution in [3.8, 4) is 0 Å². The van der Waals surface area contributed by atoms with Crippen LogP contribution in [0.1, 0.15) is 18.9 Å². The fourth-order valence-electron chi connectivity index (χ4n) is 1.89. The number of aldehydes is 1. The zero-order valence-corrected chi connectivity index (χ0v) is 13.9. The highest BCUT2D eigenvalue weighted by Crippen LogP contribution is 2.10. The Morgan fingerprint density at radius 2 is 1.96 bits per heavy atom. The number of likely N-dealkylation sites (N-methyl/N-ethyl adjacent to an activating group) is 1. The molecule has 1 aliphatic rings. The van der Waals surface area contributed by atoms with Gasteiger partial charge in [0.25, 0.3) is 5.91 Å². The molecule has 0 bridgehead atoms. The summed E-state index contributed by atoms with van der Waals surface area (Å²) in [5.74, 6) is -0.140. The lowest BCUT2D eigenvalue weighted by atomic mass is 10.1. The first-order chi connectivity index (χ1) is 11.1. The summed E-state index contributed by atoms with van der Waals surface area (Å²) < 4.78 is 0. The van der Waals surface area contributed by atoms with Crippen LogP contribution in [0.5, 0.6) is 0 Å². The molecular formula is C19H24N2O2. The minimum Gasteiger partial charge on any atom is -0.388 e. The van der Waals surface area contributed by atoms with Crippen molar-refractivity contribution in [2.45, 2.75) is 20.3 Å². The van der Waals surface area contributed by atoms with E-state index in [9.17, 15) is 9.59 Å². The predicted molar refractivity (Wildman–Crippen MR) is 95.4 cm³/mol. The van der Waals surface area contributed by atoms with E-state index in [1.165, 1.54) is 11.3 Å². The number of benzene rings is 1. The van der Waals surface area contributed by atoms with E-state index in [0.717, 1.165) is 6.29 Å². The Hall–Kier alpha value is -2.62. The van der Waals surface area contributed by atoms with Crippen molar-refractivity contribution >= 4 is 17.9 Å². The van der Waals surface area contributed by atoms with E-state index in [0.29, 0.717) is 24.1 Å². The Balaban J connectivity index is 0.000000253. The second kappa shape index (κ2) is 10.2. The largest absolute Gasteiger partial charge is 0.388 e. The van der Waals surface area contributed by atoms with Crippen LogP contribution in [0.3, 0.4) is 0 Å². The van der Waals surface area contributed by atoms with Gasteiger partial charge in [-0.1, -0.05) is 29.8 Å². The Labute approximate surface area is 138 Å². The van der Waals surface area contributed by atoms with Crippen molar-refractivity contribution < 1.29 is 9.59 Å². The quantitative estimate of drug-likeness (QED) is 0.840. The van der Waals surface area contributed by atoms with Crippen LogP contribution < -0.4 is 10.6 Å². The molecule has 4 heteroatoms. The Bertz CT molecular complexity index is 611. The third-order valence-electron chi connectivity index (χ3n) is 3.20. The molecule has 4 nitrogen and oxygen atoms in total. The normalized spacial score (nSPS) is 12.8. The van der Waals surface area contributed by atoms with Gasteiger partial charge in [0, 0.05) is 24.9 Å². The smallest absolute Gasteiger partial charge is 0.251 e. The van der Waals surface area contributed by atoms with Gasteiger partial charge in [-0.05, 0) is 50.1 Å². The van der Waals surface area contributed by atoms with Gasteiger partial charge < -0.3 is 10.6 Å². The van der Waals surface area contributed by atoms with Crippen molar-refractivity contribution in [1.29, 1.82) is 0 Å². The molecule has 0 atom stereocenters. The molecular weight excluding hydrogens is 288 g/mol. The molecule has 0 heterocycles. The summed E-state index contributed by atoms with van der Waals surface area (Å²) in [6.07, 6.45) is 8.34. The first kappa shape index (κ1) is 18.4. The third kappa shape index (κ3) is 6.78. The number of nitrogens with one attached hydrogen (secondary N) is 2. The highest BCUT2D eigenvalue weighted by atomic mass is 16.1. The van der Waals surface area contributed by atoms with E-state index in [2.05, 4.69) is 41.8 Å². The standard InChI is InChI=1S/C11H13NO2.C8H11N/c1-2-12-11(14)10-6-4-3-5-9(7-10)8-13;1-7-3-5-8(9-2)6-4-7/h3-4,6-8H,2,5H2,1H3,(H,12,14);3-6,9H,1-2H3. The van der Waals surface area contributed by atoms with Gasteiger partial charge in [-0.15, -0.1) is 0 Å². The predicted octanol–water partition coefficient (Wildman–Crippen LogP) is 3.17. The molecule has 0 saturated carbocycles. The van der Waals surface area contributed by atoms with Gasteiger partial charge in [0.2, 0.25) is 0 Å². The summed E-state index contributed by atoms with van der Waals surface area (Å²) in [5, 5.41) is 5.74. The van der Waals surface area contributed by atoms with Crippen LogP contribution in [0.2, 0.25) is 0 Å². The van der Waals surface area contributed by atoms with Crippen molar-refractivity contribution in [3.05, 3.63) is 65.3 Å². The minimum atomic E-state index is -0.140. The minimum absolute atomic E-state index is 0.140. The molecule has 1 aliphatic carbocycles. The maximum Gasteiger partial charge on any atom is 0.251 e. The molecule has 0 fully saturated rings. The first-order valence-corrected chi connectivity index (χ1v) is 7.66. The summed E-state index contributed by atoms with van der Waals surface area (Å²) in [5.41, 5.74) is 3.62. The lowest BCUT2D eigenvalue weighted by molar-refractivity contribution is -0.117. The Kier molecular flexibility index (Phi) is 8.14. The van der Waals surface area contributed by atoms with Crippen LogP contribution in [0.15, 0.2) is 59.7 Å². The summed E-state index contributed by atoms with van der Waals surface area (Å²) >= 11 is 0. The molecule has 2 rings (SSSR count). The molecule has 122 valence electrons. The van der Waals surface area contributed by atoms with E-state index in [1.807, 2.05) is 20.0 Å². The second-order valence-corrected chi connectivity index (χ2v) is 5.07. The molecule has 1 amide bonds. The molecule has 0 aliphatic heterocycles. The summed E-state index contributed by atoms with van der Waals surface area (Å²) in [7, 11) is 1.92. The van der Waals surface area contributed by atoms with Crippen molar-refractivity contribution in [2.75, 3.05) is 18.9 Å². The third-order valence-corrected chi connectivity index (χ3v) is 3.20. The van der Waals surface area contributed by atoms with E-state index in [1.54, 1.807) is 18.2 Å². The molecule has 1 aromatic rings. The molecule has 0 aromatic heterocycles. The monoisotopic (exact) mass is 312 g/mol. The van der Waals surface area contributed by atoms with Gasteiger partial charge >= 0.3 is 0 Å². The van der Waals surface area contributed by atoms with Gasteiger partial charge in [0.1, 0.15) is 6.29 Å². The van der Waals surface area contributed by atoms with Gasteiger partial charge in [0.05, 0.1) is 0 Å². The van der Waals surface area contributed by atoms with Crippen LogP contribution in [-0.4, -0.2) is 25.8 Å². The zero-order chi connectivity index (χ0) is 17.1. The zero-order valence-electron chi connectivity index (χ0n) is 13.9. The number of hydrogen-bond donors (Lipinski definition) is 2. The molecule has 1 aromatic carbocycles. The van der Waals surface area contributed by atoms with E-state index in [4.69, 9.17) is 0 Å². The fraction of sp³-hybridized carbons (Fsp3) is 0.263. The summed E-state index contributed by atoms with van der Waals surface area (Å²) in [6, 6.07) is 8.31. The van der Waals surface area contributed by atoms with Crippen LogP contribution in [0, 0.1) is 6.92 Å². The maximum absolute atomic E-state index is 11.4. The molecule has 0 spiro atoms. The number of hydrogen-bond acceptors (Lipinski definition) is 3. The number of anilines is 1. The average Bonchev–Trinajstić information content (AvgIpc) is 2.82. The number of allylic oxidation sites excluding steroid dienone is 4. The maximum atomic E-state index is 11.4.